The molecule has 0 radical (unpaired) electrons. The van der Waals surface area contributed by atoms with E-state index in [-0.39, 0.29) is 6.10 Å². The molecule has 1 saturated carbocycles. The second kappa shape index (κ2) is 7.12. The second-order valence-corrected chi connectivity index (χ2v) is 6.48. The Morgan fingerprint density at radius 3 is 2.65 bits per heavy atom. The summed E-state index contributed by atoms with van der Waals surface area (Å²) in [7, 11) is 0. The lowest BCUT2D eigenvalue weighted by Gasteiger charge is -2.18. The van der Waals surface area contributed by atoms with E-state index >= 15 is 0 Å². The van der Waals surface area contributed by atoms with Crippen molar-refractivity contribution >= 4 is 0 Å². The van der Waals surface area contributed by atoms with Crippen molar-refractivity contribution in [3.8, 4) is 5.75 Å². The van der Waals surface area contributed by atoms with Gasteiger partial charge in [-0.3, -0.25) is 0 Å². The number of ether oxygens (including phenoxy) is 1. The third-order valence-electron chi connectivity index (χ3n) is 4.00. The van der Waals surface area contributed by atoms with Gasteiger partial charge in [-0.15, -0.1) is 0 Å². The first kappa shape index (κ1) is 15.4. The topological polar surface area (TPSA) is 21.3 Å². The molecule has 2 heteroatoms. The molecule has 0 amide bonds. The number of nitrogens with one attached hydrogen (secondary N) is 1. The minimum absolute atomic E-state index is 0.289. The molecule has 1 unspecified atom stereocenters. The van der Waals surface area contributed by atoms with Crippen LogP contribution in [0.15, 0.2) is 18.2 Å². The summed E-state index contributed by atoms with van der Waals surface area (Å²) in [5.74, 6) is 1.61. The molecule has 1 atom stereocenters. The zero-order valence-electron chi connectivity index (χ0n) is 13.4. The van der Waals surface area contributed by atoms with Gasteiger partial charge in [-0.1, -0.05) is 26.0 Å². The highest BCUT2D eigenvalue weighted by atomic mass is 16.5. The summed E-state index contributed by atoms with van der Waals surface area (Å²) in [6.07, 6.45) is 5.34. The fourth-order valence-electron chi connectivity index (χ4n) is 2.36. The summed E-state index contributed by atoms with van der Waals surface area (Å²) in [5, 5.41) is 3.56. The molecule has 1 aliphatic rings. The quantitative estimate of drug-likeness (QED) is 0.709. The predicted molar refractivity (Wildman–Crippen MR) is 85.6 cm³/mol. The van der Waals surface area contributed by atoms with Gasteiger partial charge in [0.25, 0.3) is 0 Å². The fraction of sp³-hybridized carbons (Fsp3) is 0.667. The summed E-state index contributed by atoms with van der Waals surface area (Å²) in [6.45, 7) is 9.88. The number of rotatable bonds is 8. The Labute approximate surface area is 123 Å². The van der Waals surface area contributed by atoms with Crippen LogP contribution in [-0.2, 0) is 0 Å². The molecule has 0 saturated heterocycles. The maximum absolute atomic E-state index is 6.13. The van der Waals surface area contributed by atoms with E-state index in [9.17, 15) is 0 Å². The van der Waals surface area contributed by atoms with E-state index in [0.29, 0.717) is 5.92 Å². The van der Waals surface area contributed by atoms with Gasteiger partial charge in [0.1, 0.15) is 5.75 Å². The molecule has 112 valence electrons. The Balaban J connectivity index is 1.79. The van der Waals surface area contributed by atoms with Gasteiger partial charge < -0.3 is 10.1 Å². The van der Waals surface area contributed by atoms with Crippen LogP contribution >= 0.6 is 0 Å². The lowest BCUT2D eigenvalue weighted by molar-refractivity contribution is 0.206. The van der Waals surface area contributed by atoms with Crippen molar-refractivity contribution in [1.29, 1.82) is 0 Å². The molecule has 2 rings (SSSR count). The summed E-state index contributed by atoms with van der Waals surface area (Å²) in [4.78, 5) is 0. The van der Waals surface area contributed by atoms with Crippen molar-refractivity contribution in [3.05, 3.63) is 29.3 Å². The van der Waals surface area contributed by atoms with Crippen LogP contribution in [0.5, 0.6) is 5.75 Å². The number of benzene rings is 1. The highest BCUT2D eigenvalue weighted by molar-refractivity contribution is 5.37. The average Bonchev–Trinajstić information content (AvgIpc) is 3.21. The number of hydrogen-bond donors (Lipinski definition) is 1. The van der Waals surface area contributed by atoms with Crippen LogP contribution in [0.2, 0.25) is 0 Å². The van der Waals surface area contributed by atoms with Gasteiger partial charge in [0.05, 0.1) is 6.10 Å². The molecule has 20 heavy (non-hydrogen) atoms. The third-order valence-corrected chi connectivity index (χ3v) is 4.00. The predicted octanol–water partition coefficient (Wildman–Crippen LogP) is 4.42. The lowest BCUT2D eigenvalue weighted by atomic mass is 10.0. The Bertz CT molecular complexity index is 423. The highest BCUT2D eigenvalue weighted by Gasteiger charge is 2.19. The van der Waals surface area contributed by atoms with Crippen LogP contribution in [0.25, 0.3) is 0 Å². The van der Waals surface area contributed by atoms with Gasteiger partial charge in [0.2, 0.25) is 0 Å². The molecule has 0 heterocycles. The van der Waals surface area contributed by atoms with Crippen LogP contribution in [0, 0.1) is 6.92 Å². The maximum Gasteiger partial charge on any atom is 0.122 e. The molecule has 1 aromatic carbocycles. The monoisotopic (exact) mass is 275 g/mol. The highest BCUT2D eigenvalue weighted by Crippen LogP contribution is 2.25. The minimum Gasteiger partial charge on any atom is -0.490 e. The molecule has 0 spiro atoms. The molecule has 1 aliphatic carbocycles. The van der Waals surface area contributed by atoms with Crippen LogP contribution in [0.1, 0.15) is 63.5 Å². The van der Waals surface area contributed by atoms with E-state index in [1.807, 2.05) is 0 Å². The van der Waals surface area contributed by atoms with Crippen molar-refractivity contribution in [2.24, 2.45) is 0 Å². The molecule has 1 N–H and O–H groups in total. The molecular weight excluding hydrogens is 246 g/mol. The Kier molecular flexibility index (Phi) is 5.47. The van der Waals surface area contributed by atoms with Crippen molar-refractivity contribution < 1.29 is 4.74 Å². The summed E-state index contributed by atoms with van der Waals surface area (Å²) >= 11 is 0. The van der Waals surface area contributed by atoms with Crippen LogP contribution in [0.3, 0.4) is 0 Å². The first-order chi connectivity index (χ1) is 9.56. The third kappa shape index (κ3) is 4.82. The van der Waals surface area contributed by atoms with E-state index in [4.69, 9.17) is 4.74 Å². The zero-order chi connectivity index (χ0) is 14.5. The number of aryl methyl sites for hydroxylation is 1. The van der Waals surface area contributed by atoms with Gasteiger partial charge in [-0.2, -0.15) is 0 Å². The van der Waals surface area contributed by atoms with E-state index in [0.717, 1.165) is 24.8 Å². The smallest absolute Gasteiger partial charge is 0.122 e. The van der Waals surface area contributed by atoms with E-state index in [1.54, 1.807) is 0 Å². The van der Waals surface area contributed by atoms with Crippen molar-refractivity contribution in [2.75, 3.05) is 6.54 Å². The summed E-state index contributed by atoms with van der Waals surface area (Å²) in [5.41, 5.74) is 2.59. The largest absolute Gasteiger partial charge is 0.490 e. The summed E-state index contributed by atoms with van der Waals surface area (Å²) in [6, 6.07) is 7.40. The van der Waals surface area contributed by atoms with Crippen molar-refractivity contribution in [2.45, 2.75) is 71.4 Å². The van der Waals surface area contributed by atoms with Gasteiger partial charge in [-0.25, -0.2) is 0 Å². The van der Waals surface area contributed by atoms with Gasteiger partial charge in [0, 0.05) is 6.04 Å². The van der Waals surface area contributed by atoms with Gasteiger partial charge in [0.15, 0.2) is 0 Å². The van der Waals surface area contributed by atoms with Gasteiger partial charge in [-0.05, 0) is 69.2 Å². The standard InChI is InChI=1S/C18H29NO/c1-13(2)16-8-7-14(3)18(12-16)20-15(4)6-5-11-19-17-9-10-17/h7-8,12-13,15,17,19H,5-6,9-11H2,1-4H3. The molecule has 1 fully saturated rings. The molecule has 2 nitrogen and oxygen atoms in total. The van der Waals surface area contributed by atoms with E-state index < -0.39 is 0 Å². The van der Waals surface area contributed by atoms with E-state index in [1.165, 1.54) is 30.4 Å². The molecule has 1 aromatic rings. The van der Waals surface area contributed by atoms with Crippen molar-refractivity contribution in [3.63, 3.8) is 0 Å². The molecular formula is C18H29NO. The Hall–Kier alpha value is -1.02. The maximum atomic E-state index is 6.13. The second-order valence-electron chi connectivity index (χ2n) is 6.48. The average molecular weight is 275 g/mol. The zero-order valence-corrected chi connectivity index (χ0v) is 13.4. The first-order valence-electron chi connectivity index (χ1n) is 8.07. The normalized spacial score (nSPS) is 16.4. The van der Waals surface area contributed by atoms with Crippen LogP contribution in [0.4, 0.5) is 0 Å². The number of hydrogen-bond acceptors (Lipinski definition) is 2. The molecule has 0 bridgehead atoms. The summed E-state index contributed by atoms with van der Waals surface area (Å²) < 4.78 is 6.13. The van der Waals surface area contributed by atoms with Crippen LogP contribution in [-0.4, -0.2) is 18.7 Å². The molecule has 0 aromatic heterocycles. The van der Waals surface area contributed by atoms with E-state index in [2.05, 4.69) is 51.2 Å². The van der Waals surface area contributed by atoms with Crippen molar-refractivity contribution in [1.82, 2.24) is 5.32 Å². The molecule has 0 aliphatic heterocycles. The SMILES string of the molecule is Cc1ccc(C(C)C)cc1OC(C)CCCNC1CC1. The lowest BCUT2D eigenvalue weighted by Crippen LogP contribution is -2.20. The first-order valence-corrected chi connectivity index (χ1v) is 8.07. The van der Waals surface area contributed by atoms with Gasteiger partial charge >= 0.3 is 0 Å². The Morgan fingerprint density at radius 2 is 2.00 bits per heavy atom. The minimum atomic E-state index is 0.289. The Morgan fingerprint density at radius 1 is 1.25 bits per heavy atom. The fourth-order valence-corrected chi connectivity index (χ4v) is 2.36. The van der Waals surface area contributed by atoms with Crippen LogP contribution < -0.4 is 10.1 Å².